The lowest BCUT2D eigenvalue weighted by Crippen LogP contribution is -2.48. The molecule has 0 atom stereocenters. The van der Waals surface area contributed by atoms with Crippen LogP contribution in [0.25, 0.3) is 0 Å². The molecule has 0 N–H and O–H groups in total. The number of amides is 1. The van der Waals surface area contributed by atoms with Gasteiger partial charge in [-0.1, -0.05) is 20.8 Å². The van der Waals surface area contributed by atoms with Gasteiger partial charge in [-0.2, -0.15) is 0 Å². The number of nitrogens with zero attached hydrogens (tertiary/aromatic N) is 3. The summed E-state index contributed by atoms with van der Waals surface area (Å²) in [7, 11) is 0. The predicted octanol–water partition coefficient (Wildman–Crippen LogP) is 2.95. The van der Waals surface area contributed by atoms with E-state index in [1.807, 2.05) is 16.7 Å². The maximum atomic E-state index is 11.4. The molecule has 21 heavy (non-hydrogen) atoms. The molecule has 0 aromatic carbocycles. The van der Waals surface area contributed by atoms with Crippen molar-refractivity contribution in [3.05, 3.63) is 17.8 Å². The molecule has 0 aliphatic carbocycles. The van der Waals surface area contributed by atoms with E-state index in [1.54, 1.807) is 6.92 Å². The van der Waals surface area contributed by atoms with Crippen LogP contribution in [0.15, 0.2) is 17.0 Å². The van der Waals surface area contributed by atoms with Gasteiger partial charge in [-0.15, -0.1) is 11.8 Å². The number of carbonyl (C=O) groups excluding carboxylic acids is 1. The van der Waals surface area contributed by atoms with Gasteiger partial charge in [-0.3, -0.25) is 4.79 Å². The molecule has 0 spiro atoms. The second-order valence-corrected chi connectivity index (χ2v) is 8.33. The molecule has 2 heterocycles. The molecule has 1 amide bonds. The number of hydrogen-bond donors (Lipinski definition) is 0. The van der Waals surface area contributed by atoms with Gasteiger partial charge in [0.25, 0.3) is 0 Å². The molecule has 0 unspecified atom stereocenters. The van der Waals surface area contributed by atoms with Gasteiger partial charge in [-0.05, 0) is 19.1 Å². The number of thioether (sulfide) groups is 1. The first-order chi connectivity index (χ1) is 9.76. The van der Waals surface area contributed by atoms with Crippen molar-refractivity contribution in [2.75, 3.05) is 31.1 Å². The quantitative estimate of drug-likeness (QED) is 0.787. The van der Waals surface area contributed by atoms with Gasteiger partial charge < -0.3 is 9.80 Å². The highest BCUT2D eigenvalue weighted by Crippen LogP contribution is 2.34. The van der Waals surface area contributed by atoms with Crippen LogP contribution >= 0.6 is 11.8 Å². The third-order valence-corrected chi connectivity index (χ3v) is 4.75. The first kappa shape index (κ1) is 16.1. The third kappa shape index (κ3) is 4.37. The lowest BCUT2D eigenvalue weighted by Gasteiger charge is -2.35. The number of aromatic nitrogens is 1. The Labute approximate surface area is 131 Å². The lowest BCUT2D eigenvalue weighted by molar-refractivity contribution is -0.129. The van der Waals surface area contributed by atoms with Crippen LogP contribution in [0, 0.1) is 6.92 Å². The molecule has 1 aromatic heterocycles. The molecule has 5 heteroatoms. The molecule has 1 fully saturated rings. The summed E-state index contributed by atoms with van der Waals surface area (Å²) in [5.74, 6) is 1.18. The second-order valence-electron chi connectivity index (χ2n) is 6.46. The molecule has 0 saturated carbocycles. The van der Waals surface area contributed by atoms with Gasteiger partial charge in [0, 0.05) is 42.7 Å². The summed E-state index contributed by atoms with van der Waals surface area (Å²) in [5.41, 5.74) is 1.08. The van der Waals surface area contributed by atoms with Crippen LogP contribution in [0.5, 0.6) is 0 Å². The van der Waals surface area contributed by atoms with Crippen LogP contribution in [-0.2, 0) is 4.79 Å². The monoisotopic (exact) mass is 307 g/mol. The zero-order valence-electron chi connectivity index (χ0n) is 13.6. The maximum absolute atomic E-state index is 11.4. The van der Waals surface area contributed by atoms with Crippen LogP contribution in [-0.4, -0.2) is 46.7 Å². The van der Waals surface area contributed by atoms with Crippen molar-refractivity contribution in [1.29, 1.82) is 0 Å². The summed E-state index contributed by atoms with van der Waals surface area (Å²) in [6.07, 6.45) is 0. The molecule has 0 radical (unpaired) electrons. The SMILES string of the molecule is CC(=O)N1CCN(c2ccc(SC(C)(C)C)c(C)n2)CC1. The van der Waals surface area contributed by atoms with E-state index in [2.05, 4.69) is 44.7 Å². The molecular formula is C16H25N3OS. The number of anilines is 1. The molecule has 2 rings (SSSR count). The van der Waals surface area contributed by atoms with E-state index in [9.17, 15) is 4.79 Å². The number of rotatable bonds is 2. The van der Waals surface area contributed by atoms with E-state index in [0.29, 0.717) is 0 Å². The Balaban J connectivity index is 2.06. The van der Waals surface area contributed by atoms with Crippen molar-refractivity contribution in [2.45, 2.75) is 44.3 Å². The largest absolute Gasteiger partial charge is 0.353 e. The smallest absolute Gasteiger partial charge is 0.219 e. The molecule has 1 aliphatic heterocycles. The summed E-state index contributed by atoms with van der Waals surface area (Å²) in [6.45, 7) is 13.6. The summed E-state index contributed by atoms with van der Waals surface area (Å²) < 4.78 is 0.196. The fourth-order valence-corrected chi connectivity index (χ4v) is 3.39. The van der Waals surface area contributed by atoms with Crippen molar-refractivity contribution < 1.29 is 4.79 Å². The van der Waals surface area contributed by atoms with Gasteiger partial charge in [0.1, 0.15) is 5.82 Å². The van der Waals surface area contributed by atoms with E-state index in [1.165, 1.54) is 4.90 Å². The van der Waals surface area contributed by atoms with E-state index in [4.69, 9.17) is 4.98 Å². The molecule has 4 nitrogen and oxygen atoms in total. The zero-order valence-corrected chi connectivity index (χ0v) is 14.5. The summed E-state index contributed by atoms with van der Waals surface area (Å²) in [4.78, 5) is 21.5. The van der Waals surface area contributed by atoms with Crippen LogP contribution in [0.1, 0.15) is 33.4 Å². The van der Waals surface area contributed by atoms with Crippen LogP contribution in [0.3, 0.4) is 0 Å². The molecule has 1 saturated heterocycles. The Morgan fingerprint density at radius 2 is 1.81 bits per heavy atom. The minimum Gasteiger partial charge on any atom is -0.353 e. The Morgan fingerprint density at radius 3 is 2.29 bits per heavy atom. The lowest BCUT2D eigenvalue weighted by atomic mass is 10.3. The number of piperazine rings is 1. The third-order valence-electron chi connectivity index (χ3n) is 3.49. The number of carbonyl (C=O) groups is 1. The molecule has 1 aliphatic rings. The Morgan fingerprint density at radius 1 is 1.19 bits per heavy atom. The van der Waals surface area contributed by atoms with Crippen LogP contribution < -0.4 is 4.90 Å². The minimum atomic E-state index is 0.163. The van der Waals surface area contributed by atoms with Gasteiger partial charge in [-0.25, -0.2) is 4.98 Å². The van der Waals surface area contributed by atoms with Gasteiger partial charge in [0.05, 0.1) is 5.69 Å². The van der Waals surface area contributed by atoms with Gasteiger partial charge in [0.15, 0.2) is 0 Å². The van der Waals surface area contributed by atoms with Gasteiger partial charge >= 0.3 is 0 Å². The van der Waals surface area contributed by atoms with Crippen LogP contribution in [0.2, 0.25) is 0 Å². The highest BCUT2D eigenvalue weighted by atomic mass is 32.2. The van der Waals surface area contributed by atoms with E-state index in [-0.39, 0.29) is 10.7 Å². The van der Waals surface area contributed by atoms with Crippen molar-refractivity contribution in [3.8, 4) is 0 Å². The Kier molecular flexibility index (Phi) is 4.81. The van der Waals surface area contributed by atoms with Gasteiger partial charge in [0.2, 0.25) is 5.91 Å². The Hall–Kier alpha value is -1.23. The first-order valence-electron chi connectivity index (χ1n) is 7.43. The summed E-state index contributed by atoms with van der Waals surface area (Å²) >= 11 is 1.85. The average molecular weight is 307 g/mol. The first-order valence-corrected chi connectivity index (χ1v) is 8.25. The fraction of sp³-hybridized carbons (Fsp3) is 0.625. The standard InChI is InChI=1S/C16H25N3OS/c1-12-14(21-16(3,4)5)6-7-15(17-12)19-10-8-18(9-11-19)13(2)20/h6-7H,8-11H2,1-5H3. The van der Waals surface area contributed by atoms with Crippen molar-refractivity contribution in [2.24, 2.45) is 0 Å². The molecule has 116 valence electrons. The topological polar surface area (TPSA) is 36.4 Å². The van der Waals surface area contributed by atoms with E-state index in [0.717, 1.165) is 37.7 Å². The summed E-state index contributed by atoms with van der Waals surface area (Å²) in [5, 5.41) is 0. The molecular weight excluding hydrogens is 282 g/mol. The number of hydrogen-bond acceptors (Lipinski definition) is 4. The maximum Gasteiger partial charge on any atom is 0.219 e. The second kappa shape index (κ2) is 6.26. The number of pyridine rings is 1. The highest BCUT2D eigenvalue weighted by molar-refractivity contribution is 8.00. The molecule has 0 bridgehead atoms. The molecule has 1 aromatic rings. The van der Waals surface area contributed by atoms with E-state index < -0.39 is 0 Å². The predicted molar refractivity (Wildman–Crippen MR) is 89.1 cm³/mol. The Bertz CT molecular complexity index is 517. The zero-order chi connectivity index (χ0) is 15.6. The summed E-state index contributed by atoms with van der Waals surface area (Å²) in [6, 6.07) is 4.27. The average Bonchev–Trinajstić information content (AvgIpc) is 2.40. The van der Waals surface area contributed by atoms with Crippen molar-refractivity contribution >= 4 is 23.5 Å². The van der Waals surface area contributed by atoms with Crippen molar-refractivity contribution in [3.63, 3.8) is 0 Å². The normalized spacial score (nSPS) is 16.2. The minimum absolute atomic E-state index is 0.163. The highest BCUT2D eigenvalue weighted by Gasteiger charge is 2.20. The van der Waals surface area contributed by atoms with Crippen molar-refractivity contribution in [1.82, 2.24) is 9.88 Å². The van der Waals surface area contributed by atoms with E-state index >= 15 is 0 Å². The number of aryl methyl sites for hydroxylation is 1. The van der Waals surface area contributed by atoms with Crippen LogP contribution in [0.4, 0.5) is 5.82 Å². The fourth-order valence-electron chi connectivity index (χ4n) is 2.40.